The molecule has 0 atom stereocenters. The van der Waals surface area contributed by atoms with Gasteiger partial charge in [0.15, 0.2) is 0 Å². The molecule has 0 N–H and O–H groups in total. The number of thioether (sulfide) groups is 1. The Bertz CT molecular complexity index is 778. The van der Waals surface area contributed by atoms with Crippen molar-refractivity contribution >= 4 is 11.8 Å². The van der Waals surface area contributed by atoms with Gasteiger partial charge >= 0.3 is 0 Å². The molecule has 2 aromatic heterocycles. The molecule has 6 nitrogen and oxygen atoms in total. The summed E-state index contributed by atoms with van der Waals surface area (Å²) in [5.74, 6) is 4.23. The molecule has 0 aliphatic heterocycles. The second-order valence-corrected chi connectivity index (χ2v) is 6.02. The number of rotatable bonds is 6. The zero-order chi connectivity index (χ0) is 16.2. The van der Waals surface area contributed by atoms with Crippen LogP contribution in [0.2, 0.25) is 0 Å². The fraction of sp³-hybridized carbons (Fsp3) is 0.312. The van der Waals surface area contributed by atoms with Crippen LogP contribution in [0.25, 0.3) is 11.4 Å². The third-order valence-corrected chi connectivity index (χ3v) is 4.39. The number of aromatic nitrogens is 3. The summed E-state index contributed by atoms with van der Waals surface area (Å²) in [6.07, 6.45) is 0. The highest BCUT2D eigenvalue weighted by Crippen LogP contribution is 2.24. The SMILES string of the molecule is COc1cccc(-c2noc(CSCc3c(C)noc3C)n2)c1. The highest BCUT2D eigenvalue weighted by molar-refractivity contribution is 7.97. The summed E-state index contributed by atoms with van der Waals surface area (Å²) in [5.41, 5.74) is 2.93. The Hall–Kier alpha value is -2.28. The van der Waals surface area contributed by atoms with E-state index in [4.69, 9.17) is 13.8 Å². The molecule has 0 bridgehead atoms. The number of benzene rings is 1. The molecule has 0 fully saturated rings. The van der Waals surface area contributed by atoms with Crippen molar-refractivity contribution in [2.45, 2.75) is 25.4 Å². The first kappa shape index (κ1) is 15.6. The van der Waals surface area contributed by atoms with Gasteiger partial charge in [0.2, 0.25) is 11.7 Å². The predicted octanol–water partition coefficient (Wildman–Crippen LogP) is 3.78. The topological polar surface area (TPSA) is 74.2 Å². The maximum Gasteiger partial charge on any atom is 0.236 e. The first-order valence-electron chi connectivity index (χ1n) is 7.14. The molecule has 3 aromatic rings. The fourth-order valence-electron chi connectivity index (χ4n) is 2.14. The summed E-state index contributed by atoms with van der Waals surface area (Å²) in [7, 11) is 1.63. The van der Waals surface area contributed by atoms with E-state index in [1.807, 2.05) is 38.1 Å². The molecular weight excluding hydrogens is 314 g/mol. The molecule has 120 valence electrons. The fourth-order valence-corrected chi connectivity index (χ4v) is 3.15. The largest absolute Gasteiger partial charge is 0.497 e. The van der Waals surface area contributed by atoms with Crippen LogP contribution in [0, 0.1) is 13.8 Å². The molecule has 3 rings (SSSR count). The normalized spacial score (nSPS) is 10.9. The standard InChI is InChI=1S/C16H17N3O3S/c1-10-14(11(2)21-18-10)8-23-9-15-17-16(19-22-15)12-5-4-6-13(7-12)20-3/h4-7H,8-9H2,1-3H3. The van der Waals surface area contributed by atoms with Gasteiger partial charge in [-0.05, 0) is 26.0 Å². The van der Waals surface area contributed by atoms with Gasteiger partial charge in [0.1, 0.15) is 11.5 Å². The molecule has 0 radical (unpaired) electrons. The highest BCUT2D eigenvalue weighted by Gasteiger charge is 2.12. The van der Waals surface area contributed by atoms with Crippen molar-refractivity contribution in [1.82, 2.24) is 15.3 Å². The molecule has 0 spiro atoms. The Morgan fingerprint density at radius 3 is 2.74 bits per heavy atom. The van der Waals surface area contributed by atoms with E-state index < -0.39 is 0 Å². The summed E-state index contributed by atoms with van der Waals surface area (Å²) in [6.45, 7) is 3.86. The van der Waals surface area contributed by atoms with E-state index >= 15 is 0 Å². The van der Waals surface area contributed by atoms with Gasteiger partial charge in [0.25, 0.3) is 0 Å². The van der Waals surface area contributed by atoms with Gasteiger partial charge in [-0.3, -0.25) is 0 Å². The number of hydrogen-bond donors (Lipinski definition) is 0. The van der Waals surface area contributed by atoms with E-state index in [2.05, 4.69) is 15.3 Å². The Kier molecular flexibility index (Phi) is 4.66. The summed E-state index contributed by atoms with van der Waals surface area (Å²) < 4.78 is 15.7. The first-order chi connectivity index (χ1) is 11.2. The van der Waals surface area contributed by atoms with Gasteiger partial charge in [-0.25, -0.2) is 0 Å². The van der Waals surface area contributed by atoms with Crippen LogP contribution >= 0.6 is 11.8 Å². The number of nitrogens with zero attached hydrogens (tertiary/aromatic N) is 3. The van der Waals surface area contributed by atoms with Gasteiger partial charge in [0.05, 0.1) is 18.6 Å². The van der Waals surface area contributed by atoms with Gasteiger partial charge in [-0.1, -0.05) is 22.4 Å². The molecule has 0 unspecified atom stereocenters. The third-order valence-electron chi connectivity index (χ3n) is 3.45. The second-order valence-electron chi connectivity index (χ2n) is 5.04. The van der Waals surface area contributed by atoms with E-state index in [0.29, 0.717) is 17.5 Å². The van der Waals surface area contributed by atoms with Crippen molar-refractivity contribution in [2.75, 3.05) is 7.11 Å². The van der Waals surface area contributed by atoms with E-state index in [1.165, 1.54) is 0 Å². The lowest BCUT2D eigenvalue weighted by molar-refractivity contribution is 0.391. The van der Waals surface area contributed by atoms with E-state index in [0.717, 1.165) is 34.1 Å². The number of hydrogen-bond acceptors (Lipinski definition) is 7. The molecular formula is C16H17N3O3S. The van der Waals surface area contributed by atoms with E-state index in [-0.39, 0.29) is 0 Å². The van der Waals surface area contributed by atoms with Crippen molar-refractivity contribution in [3.05, 3.63) is 47.2 Å². The Balaban J connectivity index is 1.63. The summed E-state index contributed by atoms with van der Waals surface area (Å²) >= 11 is 1.69. The average Bonchev–Trinajstić information content (AvgIpc) is 3.16. The van der Waals surface area contributed by atoms with Crippen LogP contribution in [-0.2, 0) is 11.5 Å². The maximum absolute atomic E-state index is 5.31. The zero-order valence-corrected chi connectivity index (χ0v) is 14.0. The van der Waals surface area contributed by atoms with Crippen molar-refractivity contribution < 1.29 is 13.8 Å². The monoisotopic (exact) mass is 331 g/mol. The van der Waals surface area contributed by atoms with Crippen LogP contribution in [-0.4, -0.2) is 22.4 Å². The molecule has 7 heteroatoms. The van der Waals surface area contributed by atoms with Gasteiger partial charge < -0.3 is 13.8 Å². The molecule has 0 aliphatic rings. The van der Waals surface area contributed by atoms with E-state index in [1.54, 1.807) is 18.9 Å². The Labute approximate surface area is 138 Å². The second kappa shape index (κ2) is 6.87. The van der Waals surface area contributed by atoms with Gasteiger partial charge in [-0.15, -0.1) is 11.8 Å². The molecule has 1 aromatic carbocycles. The number of ether oxygens (including phenoxy) is 1. The molecule has 2 heterocycles. The zero-order valence-electron chi connectivity index (χ0n) is 13.2. The third kappa shape index (κ3) is 3.56. The molecule has 0 aliphatic carbocycles. The summed E-state index contributed by atoms with van der Waals surface area (Å²) in [5, 5.41) is 7.98. The van der Waals surface area contributed by atoms with Crippen molar-refractivity contribution in [1.29, 1.82) is 0 Å². The Morgan fingerprint density at radius 2 is 2.00 bits per heavy atom. The average molecular weight is 331 g/mol. The van der Waals surface area contributed by atoms with Crippen molar-refractivity contribution in [3.63, 3.8) is 0 Å². The molecule has 0 amide bonds. The van der Waals surface area contributed by atoms with Crippen LogP contribution in [0.15, 0.2) is 33.3 Å². The van der Waals surface area contributed by atoms with Crippen LogP contribution < -0.4 is 4.74 Å². The lowest BCUT2D eigenvalue weighted by Crippen LogP contribution is -1.88. The van der Waals surface area contributed by atoms with Gasteiger partial charge in [-0.2, -0.15) is 4.98 Å². The van der Waals surface area contributed by atoms with Crippen molar-refractivity contribution in [2.24, 2.45) is 0 Å². The Morgan fingerprint density at radius 1 is 1.13 bits per heavy atom. The quantitative estimate of drug-likeness (QED) is 0.680. The summed E-state index contributed by atoms with van der Waals surface area (Å²) in [6, 6.07) is 7.58. The molecule has 0 saturated heterocycles. The van der Waals surface area contributed by atoms with E-state index in [9.17, 15) is 0 Å². The van der Waals surface area contributed by atoms with Crippen LogP contribution in [0.1, 0.15) is 22.9 Å². The molecule has 23 heavy (non-hydrogen) atoms. The highest BCUT2D eigenvalue weighted by atomic mass is 32.2. The minimum absolute atomic E-state index is 0.567. The lowest BCUT2D eigenvalue weighted by atomic mass is 10.2. The number of methoxy groups -OCH3 is 1. The first-order valence-corrected chi connectivity index (χ1v) is 8.29. The lowest BCUT2D eigenvalue weighted by Gasteiger charge is -2.00. The predicted molar refractivity (Wildman–Crippen MR) is 87.3 cm³/mol. The van der Waals surface area contributed by atoms with Gasteiger partial charge in [0, 0.05) is 16.9 Å². The minimum Gasteiger partial charge on any atom is -0.497 e. The van der Waals surface area contributed by atoms with Crippen LogP contribution in [0.4, 0.5) is 0 Å². The van der Waals surface area contributed by atoms with Crippen molar-refractivity contribution in [3.8, 4) is 17.1 Å². The van der Waals surface area contributed by atoms with Crippen LogP contribution in [0.3, 0.4) is 0 Å². The van der Waals surface area contributed by atoms with Crippen LogP contribution in [0.5, 0.6) is 5.75 Å². The smallest absolute Gasteiger partial charge is 0.236 e. The maximum atomic E-state index is 5.31. The minimum atomic E-state index is 0.567. The molecule has 0 saturated carbocycles. The summed E-state index contributed by atoms with van der Waals surface area (Å²) in [4.78, 5) is 4.43. The number of aryl methyl sites for hydroxylation is 2.